The summed E-state index contributed by atoms with van der Waals surface area (Å²) in [6.45, 7) is 5.80. The number of aliphatic carboxylic acids is 1. The lowest BCUT2D eigenvalue weighted by molar-refractivity contribution is -0.147. The van der Waals surface area contributed by atoms with E-state index in [0.29, 0.717) is 56.8 Å². The van der Waals surface area contributed by atoms with Gasteiger partial charge in [-0.05, 0) is 98.1 Å². The van der Waals surface area contributed by atoms with Crippen LogP contribution in [0.3, 0.4) is 0 Å². The number of hydrogen-bond acceptors (Lipinski definition) is 7. The highest BCUT2D eigenvalue weighted by Crippen LogP contribution is 2.51. The van der Waals surface area contributed by atoms with Gasteiger partial charge >= 0.3 is 5.97 Å². The molecular weight excluding hydrogens is 596 g/mol. The van der Waals surface area contributed by atoms with Crippen molar-refractivity contribution in [2.45, 2.75) is 59.0 Å². The van der Waals surface area contributed by atoms with Gasteiger partial charge in [0.25, 0.3) is 0 Å². The van der Waals surface area contributed by atoms with E-state index in [4.69, 9.17) is 0 Å². The van der Waals surface area contributed by atoms with Crippen molar-refractivity contribution in [3.8, 4) is 0 Å². The van der Waals surface area contributed by atoms with E-state index in [-0.39, 0.29) is 43.3 Å². The van der Waals surface area contributed by atoms with Gasteiger partial charge in [0.1, 0.15) is 12.4 Å². The number of rotatable bonds is 10. The third-order valence-corrected chi connectivity index (χ3v) is 10.4. The topological polar surface area (TPSA) is 143 Å². The van der Waals surface area contributed by atoms with Gasteiger partial charge in [-0.3, -0.25) is 24.1 Å². The van der Waals surface area contributed by atoms with Gasteiger partial charge in [-0.15, -0.1) is 0 Å². The number of carbonyl (C=O) groups is 4. The molecule has 1 unspecified atom stereocenters. The van der Waals surface area contributed by atoms with Crippen molar-refractivity contribution < 1.29 is 24.3 Å². The number of piperidine rings is 1. The molecule has 2 atom stereocenters. The van der Waals surface area contributed by atoms with Crippen LogP contribution in [0.25, 0.3) is 0 Å². The number of carboxylic acids is 1. The average molecular weight is 641 g/mol. The number of anilines is 1. The number of nitrogens with one attached hydrogen (secondary N) is 3. The molecule has 3 amide bonds. The summed E-state index contributed by atoms with van der Waals surface area (Å²) in [6, 6.07) is 13.7. The largest absolute Gasteiger partial charge is 0.480 e. The van der Waals surface area contributed by atoms with Gasteiger partial charge in [0.05, 0.1) is 12.0 Å². The number of amides is 3. The zero-order chi connectivity index (χ0) is 33.3. The minimum Gasteiger partial charge on any atom is -0.480 e. The minimum absolute atomic E-state index is 0.00909. The average Bonchev–Trinajstić information content (AvgIpc) is 3.55. The fraction of sp³-hybridized carbons (Fsp3) is 0.472. The summed E-state index contributed by atoms with van der Waals surface area (Å²) in [5.41, 5.74) is 4.49. The molecule has 0 radical (unpaired) electrons. The number of likely N-dealkylation sites (tertiary alicyclic amines) is 1. The van der Waals surface area contributed by atoms with Crippen LogP contribution in [-0.4, -0.2) is 78.0 Å². The Labute approximate surface area is 275 Å². The Kier molecular flexibility index (Phi) is 9.04. The number of fused-ring (bicyclic) bond motifs is 2. The van der Waals surface area contributed by atoms with E-state index in [1.807, 2.05) is 67.6 Å². The van der Waals surface area contributed by atoms with Crippen molar-refractivity contribution >= 4 is 35.6 Å². The molecule has 1 spiro atoms. The van der Waals surface area contributed by atoms with Crippen LogP contribution in [0.4, 0.5) is 5.69 Å². The molecule has 3 heterocycles. The number of hydrogen-bond donors (Lipinski definition) is 4. The molecule has 1 saturated heterocycles. The van der Waals surface area contributed by atoms with E-state index in [2.05, 4.69) is 27.9 Å². The second-order valence-corrected chi connectivity index (χ2v) is 13.8. The molecular formula is C36H44N6O5. The van der Waals surface area contributed by atoms with E-state index in [1.165, 1.54) is 0 Å². The number of nitrogens with zero attached hydrogens (tertiary/aromatic N) is 3. The predicted octanol–water partition coefficient (Wildman–Crippen LogP) is 3.10. The molecule has 2 aromatic rings. The first-order valence-corrected chi connectivity index (χ1v) is 16.5. The van der Waals surface area contributed by atoms with E-state index in [0.717, 1.165) is 34.2 Å². The molecule has 6 rings (SSSR count). The Hall–Kier alpha value is -4.35. The first-order valence-electron chi connectivity index (χ1n) is 16.5. The summed E-state index contributed by atoms with van der Waals surface area (Å²) in [6.07, 6.45) is 4.86. The molecule has 0 saturated carbocycles. The quantitative estimate of drug-likeness (QED) is 0.313. The molecule has 2 aromatic carbocycles. The predicted molar refractivity (Wildman–Crippen MR) is 178 cm³/mol. The van der Waals surface area contributed by atoms with Gasteiger partial charge in [-0.25, -0.2) is 4.99 Å². The molecule has 1 aliphatic carbocycles. The van der Waals surface area contributed by atoms with Crippen molar-refractivity contribution in [2.24, 2.45) is 21.7 Å². The van der Waals surface area contributed by atoms with Crippen molar-refractivity contribution in [1.29, 1.82) is 0 Å². The summed E-state index contributed by atoms with van der Waals surface area (Å²) in [5, 5.41) is 18.4. The van der Waals surface area contributed by atoms with E-state index >= 15 is 0 Å². The van der Waals surface area contributed by atoms with Crippen LogP contribution in [-0.2, 0) is 45.1 Å². The van der Waals surface area contributed by atoms with Gasteiger partial charge in [0.2, 0.25) is 17.7 Å². The summed E-state index contributed by atoms with van der Waals surface area (Å²) < 4.78 is 0. The lowest BCUT2D eigenvalue weighted by Gasteiger charge is -2.40. The molecule has 47 heavy (non-hydrogen) atoms. The highest BCUT2D eigenvalue weighted by molar-refractivity contribution is 5.96. The summed E-state index contributed by atoms with van der Waals surface area (Å²) in [4.78, 5) is 60.4. The number of carboxylic acid groups (broad SMARTS) is 1. The first kappa shape index (κ1) is 32.6. The fourth-order valence-corrected chi connectivity index (χ4v) is 7.82. The monoisotopic (exact) mass is 640 g/mol. The van der Waals surface area contributed by atoms with Gasteiger partial charge in [0.15, 0.2) is 0 Å². The van der Waals surface area contributed by atoms with Crippen molar-refractivity contribution in [3.05, 3.63) is 76.1 Å². The first-order chi connectivity index (χ1) is 22.5. The number of aliphatic imine (C=N–C) groups is 1. The van der Waals surface area contributed by atoms with Gasteiger partial charge in [0, 0.05) is 30.4 Å². The van der Waals surface area contributed by atoms with Crippen LogP contribution in [0, 0.1) is 16.7 Å². The molecule has 4 aliphatic rings. The lowest BCUT2D eigenvalue weighted by atomic mass is 9.72. The number of carbonyl (C=O) groups excluding carboxylic acids is 3. The number of benzene rings is 2. The summed E-state index contributed by atoms with van der Waals surface area (Å²) in [5.74, 6) is -0.390. The van der Waals surface area contributed by atoms with Crippen LogP contribution >= 0.6 is 0 Å². The zero-order valence-electron chi connectivity index (χ0n) is 27.4. The summed E-state index contributed by atoms with van der Waals surface area (Å²) in [7, 11) is 1.87. The normalized spacial score (nSPS) is 23.0. The van der Waals surface area contributed by atoms with Crippen LogP contribution < -0.4 is 16.0 Å². The van der Waals surface area contributed by atoms with E-state index in [1.54, 1.807) is 4.90 Å². The Morgan fingerprint density at radius 2 is 1.81 bits per heavy atom. The third-order valence-electron chi connectivity index (χ3n) is 10.4. The maximum Gasteiger partial charge on any atom is 0.317 e. The highest BCUT2D eigenvalue weighted by atomic mass is 16.4. The van der Waals surface area contributed by atoms with Gasteiger partial charge in [-0.1, -0.05) is 44.2 Å². The molecule has 11 heteroatoms. The molecule has 0 aromatic heterocycles. The third kappa shape index (κ3) is 6.46. The van der Waals surface area contributed by atoms with Gasteiger partial charge in [-0.2, -0.15) is 0 Å². The molecule has 248 valence electrons. The van der Waals surface area contributed by atoms with E-state index in [9.17, 15) is 24.3 Å². The molecule has 11 nitrogen and oxygen atoms in total. The minimum atomic E-state index is -0.882. The van der Waals surface area contributed by atoms with Crippen LogP contribution in [0.15, 0.2) is 58.9 Å². The highest BCUT2D eigenvalue weighted by Gasteiger charge is 2.54. The maximum absolute atomic E-state index is 14.2. The Bertz CT molecular complexity index is 1660. The Balaban J connectivity index is 1.19. The smallest absolute Gasteiger partial charge is 0.317 e. The Morgan fingerprint density at radius 3 is 2.53 bits per heavy atom. The zero-order valence-corrected chi connectivity index (χ0v) is 27.4. The molecule has 4 N–H and O–H groups in total. The standard InChI is InChI=1S/C36H44N6O5/c1-23-10-13-38-32-31(23)36(33(46)40-32)17-24-8-9-28(16-27(24)18-36)39-29(43)21-42(20-26-7-5-4-6-25(26)19-37-3)34(47)35(2)11-14-41(15-12-35)22-30(44)45/h4-9,13,16,23,37H,10-12,14-15,17-22H2,1-3H3,(H,39,43)(H,40,46)(H,44,45)/t23?,36-/m1/s1. The molecule has 0 bridgehead atoms. The second kappa shape index (κ2) is 13.0. The fourth-order valence-electron chi connectivity index (χ4n) is 7.82. The van der Waals surface area contributed by atoms with Crippen LogP contribution in [0.1, 0.15) is 55.4 Å². The maximum atomic E-state index is 14.2. The SMILES string of the molecule is CNCc1ccccc1CN(CC(=O)Nc1ccc2c(c1)C[C@@]1(C2)C(=O)NC2=C1C(C)CC=N2)C(=O)C1(C)CCN(CC(=O)O)CC1. The van der Waals surface area contributed by atoms with Crippen LogP contribution in [0.2, 0.25) is 0 Å². The lowest BCUT2D eigenvalue weighted by Crippen LogP contribution is -2.51. The van der Waals surface area contributed by atoms with Crippen molar-refractivity contribution in [2.75, 3.05) is 38.5 Å². The van der Waals surface area contributed by atoms with Gasteiger partial charge < -0.3 is 26.0 Å². The molecule has 1 fully saturated rings. The summed E-state index contributed by atoms with van der Waals surface area (Å²) >= 11 is 0. The Morgan fingerprint density at radius 1 is 1.09 bits per heavy atom. The van der Waals surface area contributed by atoms with E-state index < -0.39 is 16.8 Å². The molecule has 3 aliphatic heterocycles. The van der Waals surface area contributed by atoms with Crippen LogP contribution in [0.5, 0.6) is 0 Å². The van der Waals surface area contributed by atoms with Crippen molar-refractivity contribution in [3.63, 3.8) is 0 Å². The second-order valence-electron chi connectivity index (χ2n) is 13.8. The van der Waals surface area contributed by atoms with Crippen molar-refractivity contribution in [1.82, 2.24) is 20.4 Å².